The second-order valence-electron chi connectivity index (χ2n) is 6.36. The molecule has 144 valence electrons. The van der Waals surface area contributed by atoms with Crippen LogP contribution in [-0.2, 0) is 13.5 Å². The standard InChI is InChI=1S/C20H23N7O/c1-4-26(2)18-10-19(27(3)25-18)28-17-9-14(11-22)5-6-16(17)20-23-12-15(7-8-21)13-24-20/h5-6,9-10,12-13H,4,7-8,21H2,1-3H3. The molecule has 0 radical (unpaired) electrons. The number of ether oxygens (including phenoxy) is 1. The van der Waals surface area contributed by atoms with E-state index in [1.807, 2.05) is 25.1 Å². The molecule has 3 aromatic rings. The summed E-state index contributed by atoms with van der Waals surface area (Å²) < 4.78 is 7.78. The number of rotatable bonds is 7. The average Bonchev–Trinajstić information content (AvgIpc) is 3.08. The minimum absolute atomic E-state index is 0.492. The number of aryl methyl sites for hydroxylation is 1. The van der Waals surface area contributed by atoms with Crippen LogP contribution in [0, 0.1) is 11.3 Å². The van der Waals surface area contributed by atoms with Crippen LogP contribution in [0.4, 0.5) is 5.82 Å². The van der Waals surface area contributed by atoms with Crippen LogP contribution in [0.15, 0.2) is 36.7 Å². The van der Waals surface area contributed by atoms with Gasteiger partial charge in [-0.05, 0) is 43.7 Å². The number of nitriles is 1. The van der Waals surface area contributed by atoms with Crippen LogP contribution in [0.5, 0.6) is 11.6 Å². The number of hydrogen-bond acceptors (Lipinski definition) is 7. The lowest BCUT2D eigenvalue weighted by Gasteiger charge is -2.11. The number of benzene rings is 1. The van der Waals surface area contributed by atoms with E-state index in [9.17, 15) is 5.26 Å². The summed E-state index contributed by atoms with van der Waals surface area (Å²) in [6.45, 7) is 3.42. The fourth-order valence-corrected chi connectivity index (χ4v) is 2.64. The highest BCUT2D eigenvalue weighted by atomic mass is 16.5. The smallest absolute Gasteiger partial charge is 0.219 e. The summed E-state index contributed by atoms with van der Waals surface area (Å²) in [5.41, 5.74) is 7.75. The summed E-state index contributed by atoms with van der Waals surface area (Å²) in [7, 11) is 3.78. The molecule has 0 aliphatic heterocycles. The molecule has 2 N–H and O–H groups in total. The van der Waals surface area contributed by atoms with Crippen LogP contribution in [0.1, 0.15) is 18.1 Å². The van der Waals surface area contributed by atoms with E-state index >= 15 is 0 Å². The molecule has 0 amide bonds. The highest BCUT2D eigenvalue weighted by Crippen LogP contribution is 2.33. The highest BCUT2D eigenvalue weighted by molar-refractivity contribution is 5.66. The van der Waals surface area contributed by atoms with Crippen molar-refractivity contribution in [3.63, 3.8) is 0 Å². The van der Waals surface area contributed by atoms with Crippen LogP contribution < -0.4 is 15.4 Å². The molecule has 8 heteroatoms. The zero-order valence-electron chi connectivity index (χ0n) is 16.3. The third-order valence-electron chi connectivity index (χ3n) is 4.39. The molecule has 0 unspecified atom stereocenters. The highest BCUT2D eigenvalue weighted by Gasteiger charge is 2.15. The zero-order valence-corrected chi connectivity index (χ0v) is 16.3. The lowest BCUT2D eigenvalue weighted by molar-refractivity contribution is 0.432. The van der Waals surface area contributed by atoms with Gasteiger partial charge in [0.05, 0.1) is 17.2 Å². The largest absolute Gasteiger partial charge is 0.438 e. The molecule has 1 aromatic carbocycles. The number of hydrogen-bond donors (Lipinski definition) is 1. The SMILES string of the molecule is CCN(C)c1cc(Oc2cc(C#N)ccc2-c2ncc(CCN)cn2)n(C)n1. The van der Waals surface area contributed by atoms with E-state index in [0.717, 1.165) is 24.3 Å². The second-order valence-corrected chi connectivity index (χ2v) is 6.36. The summed E-state index contributed by atoms with van der Waals surface area (Å²) in [5, 5.41) is 13.7. The lowest BCUT2D eigenvalue weighted by Crippen LogP contribution is -2.16. The van der Waals surface area contributed by atoms with E-state index < -0.39 is 0 Å². The van der Waals surface area contributed by atoms with Crippen molar-refractivity contribution in [1.82, 2.24) is 19.7 Å². The van der Waals surface area contributed by atoms with Gasteiger partial charge in [0.15, 0.2) is 11.6 Å². The van der Waals surface area contributed by atoms with Crippen molar-refractivity contribution in [3.05, 3.63) is 47.8 Å². The van der Waals surface area contributed by atoms with Crippen molar-refractivity contribution in [2.24, 2.45) is 12.8 Å². The van der Waals surface area contributed by atoms with Crippen molar-refractivity contribution >= 4 is 5.82 Å². The van der Waals surface area contributed by atoms with Crippen molar-refractivity contribution in [3.8, 4) is 29.1 Å². The Kier molecular flexibility index (Phi) is 5.87. The summed E-state index contributed by atoms with van der Waals surface area (Å²) in [5.74, 6) is 2.39. The maximum Gasteiger partial charge on any atom is 0.219 e. The Labute approximate surface area is 164 Å². The Morgan fingerprint density at radius 1 is 1.25 bits per heavy atom. The van der Waals surface area contributed by atoms with Gasteiger partial charge < -0.3 is 15.4 Å². The first-order valence-electron chi connectivity index (χ1n) is 9.04. The van der Waals surface area contributed by atoms with Crippen LogP contribution >= 0.6 is 0 Å². The third kappa shape index (κ3) is 4.10. The Balaban J connectivity index is 1.98. The lowest BCUT2D eigenvalue weighted by atomic mass is 10.1. The maximum absolute atomic E-state index is 9.28. The topological polar surface area (TPSA) is 106 Å². The van der Waals surface area contributed by atoms with Gasteiger partial charge in [-0.3, -0.25) is 0 Å². The molecule has 0 atom stereocenters. The van der Waals surface area contributed by atoms with Crippen LogP contribution in [0.2, 0.25) is 0 Å². The Morgan fingerprint density at radius 2 is 2.00 bits per heavy atom. The quantitative estimate of drug-likeness (QED) is 0.674. The third-order valence-corrected chi connectivity index (χ3v) is 4.39. The van der Waals surface area contributed by atoms with Gasteiger partial charge in [0.2, 0.25) is 5.88 Å². The van der Waals surface area contributed by atoms with Gasteiger partial charge in [-0.25, -0.2) is 14.6 Å². The molecule has 2 aromatic heterocycles. The van der Waals surface area contributed by atoms with E-state index in [1.54, 1.807) is 35.3 Å². The predicted octanol–water partition coefficient (Wildman–Crippen LogP) is 2.50. The molecule has 0 fully saturated rings. The first kappa shape index (κ1) is 19.3. The van der Waals surface area contributed by atoms with Crippen molar-refractivity contribution in [2.45, 2.75) is 13.3 Å². The van der Waals surface area contributed by atoms with Gasteiger partial charge >= 0.3 is 0 Å². The summed E-state index contributed by atoms with van der Waals surface area (Å²) in [6.07, 6.45) is 4.24. The normalized spacial score (nSPS) is 10.5. The summed E-state index contributed by atoms with van der Waals surface area (Å²) >= 11 is 0. The molecule has 3 rings (SSSR count). The summed E-state index contributed by atoms with van der Waals surface area (Å²) in [4.78, 5) is 10.9. The minimum atomic E-state index is 0.492. The molecule has 0 saturated heterocycles. The number of nitrogens with two attached hydrogens (primary N) is 1. The molecule has 8 nitrogen and oxygen atoms in total. The summed E-state index contributed by atoms with van der Waals surface area (Å²) in [6, 6.07) is 9.20. The van der Waals surface area contributed by atoms with Gasteiger partial charge in [-0.2, -0.15) is 10.4 Å². The van der Waals surface area contributed by atoms with Crippen LogP contribution in [0.3, 0.4) is 0 Å². The van der Waals surface area contributed by atoms with Crippen LogP contribution in [0.25, 0.3) is 11.4 Å². The van der Waals surface area contributed by atoms with E-state index in [2.05, 4.69) is 28.1 Å². The predicted molar refractivity (Wildman–Crippen MR) is 107 cm³/mol. The fraction of sp³-hybridized carbons (Fsp3) is 0.300. The van der Waals surface area contributed by atoms with Crippen LogP contribution in [-0.4, -0.2) is 39.9 Å². The average molecular weight is 377 g/mol. The van der Waals surface area contributed by atoms with Gasteiger partial charge in [0, 0.05) is 39.1 Å². The first-order chi connectivity index (χ1) is 13.5. The van der Waals surface area contributed by atoms with Gasteiger partial charge in [0.25, 0.3) is 0 Å². The molecule has 2 heterocycles. The molecule has 0 spiro atoms. The first-order valence-corrected chi connectivity index (χ1v) is 9.04. The van der Waals surface area contributed by atoms with E-state index in [-0.39, 0.29) is 0 Å². The van der Waals surface area contributed by atoms with E-state index in [1.165, 1.54) is 0 Å². The number of anilines is 1. The molecule has 0 saturated carbocycles. The van der Waals surface area contributed by atoms with E-state index in [4.69, 9.17) is 10.5 Å². The molecular formula is C20H23N7O. The fourth-order valence-electron chi connectivity index (χ4n) is 2.64. The maximum atomic E-state index is 9.28. The van der Waals surface area contributed by atoms with Gasteiger partial charge in [-0.15, -0.1) is 0 Å². The molecule has 0 aliphatic carbocycles. The molecule has 0 aliphatic rings. The van der Waals surface area contributed by atoms with Gasteiger partial charge in [-0.1, -0.05) is 0 Å². The Bertz CT molecular complexity index is 989. The zero-order chi connectivity index (χ0) is 20.1. The second kappa shape index (κ2) is 8.50. The minimum Gasteiger partial charge on any atom is -0.438 e. The Hall–Kier alpha value is -3.44. The van der Waals surface area contributed by atoms with Crippen molar-refractivity contribution in [1.29, 1.82) is 5.26 Å². The van der Waals surface area contributed by atoms with Gasteiger partial charge in [0.1, 0.15) is 5.75 Å². The van der Waals surface area contributed by atoms with Crippen molar-refractivity contribution in [2.75, 3.05) is 25.0 Å². The van der Waals surface area contributed by atoms with E-state index in [0.29, 0.717) is 35.1 Å². The molecule has 0 bridgehead atoms. The van der Waals surface area contributed by atoms with Crippen molar-refractivity contribution < 1.29 is 4.74 Å². The number of aromatic nitrogens is 4. The Morgan fingerprint density at radius 3 is 2.64 bits per heavy atom. The molecular weight excluding hydrogens is 354 g/mol. The number of nitrogens with zero attached hydrogens (tertiary/aromatic N) is 6. The molecule has 28 heavy (non-hydrogen) atoms. The monoisotopic (exact) mass is 377 g/mol.